The van der Waals surface area contributed by atoms with Crippen molar-refractivity contribution in [2.45, 2.75) is 84.9 Å². The van der Waals surface area contributed by atoms with Crippen molar-refractivity contribution in [2.24, 2.45) is 17.8 Å². The number of halogens is 3. The van der Waals surface area contributed by atoms with Gasteiger partial charge in [0, 0.05) is 23.9 Å². The molecule has 2 aliphatic carbocycles. The quantitative estimate of drug-likeness (QED) is 0.492. The van der Waals surface area contributed by atoms with Gasteiger partial charge in [-0.15, -0.1) is 5.10 Å². The van der Waals surface area contributed by atoms with Gasteiger partial charge in [0.25, 0.3) is 0 Å². The van der Waals surface area contributed by atoms with Crippen LogP contribution in [-0.2, 0) is 9.53 Å². The Bertz CT molecular complexity index is 883. The van der Waals surface area contributed by atoms with Crippen LogP contribution in [-0.4, -0.2) is 40.5 Å². The third-order valence-corrected chi connectivity index (χ3v) is 6.68. The molecule has 0 spiro atoms. The van der Waals surface area contributed by atoms with E-state index in [-0.39, 0.29) is 55.1 Å². The lowest BCUT2D eigenvalue weighted by Gasteiger charge is -2.32. The van der Waals surface area contributed by atoms with Crippen molar-refractivity contribution >= 4 is 23.4 Å². The van der Waals surface area contributed by atoms with E-state index in [9.17, 15) is 22.8 Å². The number of allylic oxidation sites excluding steroid dienone is 2. The first-order chi connectivity index (χ1) is 15.5. The number of hydrogen-bond acceptors (Lipinski definition) is 4. The van der Waals surface area contributed by atoms with E-state index < -0.39 is 18.1 Å². The first kappa shape index (κ1) is 25.3. The van der Waals surface area contributed by atoms with E-state index >= 15 is 0 Å². The number of esters is 1. The van der Waals surface area contributed by atoms with Crippen molar-refractivity contribution in [3.63, 3.8) is 0 Å². The molecule has 0 aromatic carbocycles. The molecule has 1 aromatic rings. The fraction of sp³-hybridized carbons (Fsp3) is 0.708. The van der Waals surface area contributed by atoms with Gasteiger partial charge in [0.05, 0.1) is 12.5 Å². The Hall–Kier alpha value is -2.32. The summed E-state index contributed by atoms with van der Waals surface area (Å²) in [7, 11) is 0. The molecule has 1 fully saturated rings. The maximum absolute atomic E-state index is 13.5. The van der Waals surface area contributed by atoms with Gasteiger partial charge in [0.1, 0.15) is 5.56 Å². The Balaban J connectivity index is 1.95. The zero-order chi connectivity index (χ0) is 24.3. The molecule has 0 N–H and O–H groups in total. The second-order valence-electron chi connectivity index (χ2n) is 9.50. The summed E-state index contributed by atoms with van der Waals surface area (Å²) >= 11 is 0. The number of rotatable bonds is 6. The Morgan fingerprint density at radius 1 is 1.21 bits per heavy atom. The summed E-state index contributed by atoms with van der Waals surface area (Å²) in [6.07, 6.45) is 2.35. The Morgan fingerprint density at radius 3 is 2.39 bits per heavy atom. The average Bonchev–Trinajstić information content (AvgIpc) is 3.18. The smallest absolute Gasteiger partial charge is 0.392 e. The summed E-state index contributed by atoms with van der Waals surface area (Å²) in [6, 6.07) is -0.247. The first-order valence-corrected chi connectivity index (χ1v) is 11.9. The monoisotopic (exact) mass is 469 g/mol. The maximum atomic E-state index is 13.5. The predicted molar refractivity (Wildman–Crippen MR) is 120 cm³/mol. The molecule has 1 amide bonds. The molecule has 33 heavy (non-hydrogen) atoms. The molecule has 1 unspecified atom stereocenters. The standard InChI is InChI=1S/C24H34F3N3O3/c1-5-33-23(32)20-14-29(19-12-10-18(11-13-19)24(25,26)27)28-21(20)30(15(2)3)22(31)17-8-6-16(4)7-9-17/h12,14-18H,5-11,13H2,1-4H3. The topological polar surface area (TPSA) is 64.4 Å². The number of nitrogens with zero attached hydrogens (tertiary/aromatic N) is 3. The van der Waals surface area contributed by atoms with Gasteiger partial charge in [-0.2, -0.15) is 13.2 Å². The molecule has 1 atom stereocenters. The van der Waals surface area contributed by atoms with Crippen LogP contribution in [0.5, 0.6) is 0 Å². The molecular weight excluding hydrogens is 435 g/mol. The van der Waals surface area contributed by atoms with Gasteiger partial charge in [0.2, 0.25) is 5.91 Å². The van der Waals surface area contributed by atoms with E-state index in [1.807, 2.05) is 13.8 Å². The largest absolute Gasteiger partial charge is 0.462 e. The summed E-state index contributed by atoms with van der Waals surface area (Å²) < 4.78 is 45.8. The lowest BCUT2D eigenvalue weighted by Crippen LogP contribution is -2.43. The van der Waals surface area contributed by atoms with Crippen LogP contribution in [0.3, 0.4) is 0 Å². The molecule has 0 saturated heterocycles. The number of aromatic nitrogens is 2. The summed E-state index contributed by atoms with van der Waals surface area (Å²) in [5.41, 5.74) is 0.747. The zero-order valence-corrected chi connectivity index (χ0v) is 19.8. The van der Waals surface area contributed by atoms with E-state index in [0.717, 1.165) is 25.7 Å². The summed E-state index contributed by atoms with van der Waals surface area (Å²) in [6.45, 7) is 7.77. The number of carbonyl (C=O) groups is 2. The number of amides is 1. The van der Waals surface area contributed by atoms with Crippen LogP contribution in [0.25, 0.3) is 5.70 Å². The SMILES string of the molecule is CCOC(=O)c1cn(C2=CCC(C(F)(F)F)CC2)nc1N(C(=O)C1CCC(C)CC1)C(C)C. The van der Waals surface area contributed by atoms with E-state index in [2.05, 4.69) is 12.0 Å². The van der Waals surface area contributed by atoms with Gasteiger partial charge in [-0.25, -0.2) is 9.48 Å². The van der Waals surface area contributed by atoms with Crippen LogP contribution in [0.1, 0.15) is 83.0 Å². The minimum absolute atomic E-state index is 0.0354. The predicted octanol–water partition coefficient (Wildman–Crippen LogP) is 5.83. The Kier molecular flexibility index (Phi) is 7.90. The Morgan fingerprint density at radius 2 is 1.88 bits per heavy atom. The highest BCUT2D eigenvalue weighted by Crippen LogP contribution is 2.39. The summed E-state index contributed by atoms with van der Waals surface area (Å²) in [4.78, 5) is 27.8. The highest BCUT2D eigenvalue weighted by Gasteiger charge is 2.40. The minimum Gasteiger partial charge on any atom is -0.462 e. The molecular formula is C24H34F3N3O3. The van der Waals surface area contributed by atoms with Crippen LogP contribution in [0.4, 0.5) is 19.0 Å². The van der Waals surface area contributed by atoms with Crippen molar-refractivity contribution < 1.29 is 27.5 Å². The molecule has 0 bridgehead atoms. The van der Waals surface area contributed by atoms with Gasteiger partial charge in [-0.3, -0.25) is 9.69 Å². The van der Waals surface area contributed by atoms with Crippen molar-refractivity contribution in [3.05, 3.63) is 17.8 Å². The first-order valence-electron chi connectivity index (χ1n) is 11.9. The molecule has 1 saturated carbocycles. The molecule has 3 rings (SSSR count). The number of hydrogen-bond donors (Lipinski definition) is 0. The normalized spacial score (nSPS) is 23.9. The number of alkyl halides is 3. The minimum atomic E-state index is -4.23. The molecule has 6 nitrogen and oxygen atoms in total. The van der Waals surface area contributed by atoms with Crippen molar-refractivity contribution in [3.8, 4) is 0 Å². The van der Waals surface area contributed by atoms with Crippen LogP contribution >= 0.6 is 0 Å². The van der Waals surface area contributed by atoms with Gasteiger partial charge in [-0.05, 0) is 71.6 Å². The summed E-state index contributed by atoms with van der Waals surface area (Å²) in [5.74, 6) is -1.37. The zero-order valence-electron chi connectivity index (χ0n) is 19.8. The molecule has 1 aromatic heterocycles. The number of ether oxygens (including phenoxy) is 1. The van der Waals surface area contributed by atoms with Crippen LogP contribution in [0, 0.1) is 17.8 Å². The average molecular weight is 470 g/mol. The molecule has 1 heterocycles. The van der Waals surface area contributed by atoms with Gasteiger partial charge in [-0.1, -0.05) is 13.0 Å². The fourth-order valence-corrected chi connectivity index (χ4v) is 4.68. The van der Waals surface area contributed by atoms with E-state index in [0.29, 0.717) is 11.6 Å². The second-order valence-corrected chi connectivity index (χ2v) is 9.50. The lowest BCUT2D eigenvalue weighted by atomic mass is 9.82. The summed E-state index contributed by atoms with van der Waals surface area (Å²) in [5, 5.41) is 4.55. The highest BCUT2D eigenvalue weighted by molar-refractivity contribution is 6.02. The lowest BCUT2D eigenvalue weighted by molar-refractivity contribution is -0.175. The van der Waals surface area contributed by atoms with E-state index in [1.165, 1.54) is 17.0 Å². The Labute approximate surface area is 193 Å². The molecule has 184 valence electrons. The van der Waals surface area contributed by atoms with Crippen molar-refractivity contribution in [2.75, 3.05) is 11.5 Å². The van der Waals surface area contributed by atoms with Gasteiger partial charge in [0.15, 0.2) is 5.82 Å². The van der Waals surface area contributed by atoms with Crippen LogP contribution in [0.2, 0.25) is 0 Å². The second kappa shape index (κ2) is 10.3. The van der Waals surface area contributed by atoms with E-state index in [4.69, 9.17) is 4.74 Å². The van der Waals surface area contributed by atoms with Gasteiger partial charge < -0.3 is 4.74 Å². The van der Waals surface area contributed by atoms with Crippen LogP contribution < -0.4 is 4.90 Å². The number of carbonyl (C=O) groups excluding carboxylic acids is 2. The third kappa shape index (κ3) is 5.79. The third-order valence-electron chi connectivity index (χ3n) is 6.68. The van der Waals surface area contributed by atoms with Gasteiger partial charge >= 0.3 is 12.1 Å². The number of anilines is 1. The molecule has 0 radical (unpaired) electrons. The van der Waals surface area contributed by atoms with Crippen molar-refractivity contribution in [1.82, 2.24) is 9.78 Å². The maximum Gasteiger partial charge on any atom is 0.392 e. The molecule has 0 aliphatic heterocycles. The molecule has 9 heteroatoms. The van der Waals surface area contributed by atoms with E-state index in [1.54, 1.807) is 11.8 Å². The van der Waals surface area contributed by atoms with Crippen LogP contribution in [0.15, 0.2) is 12.3 Å². The fourth-order valence-electron chi connectivity index (χ4n) is 4.68. The highest BCUT2D eigenvalue weighted by atomic mass is 19.4. The molecule has 2 aliphatic rings. The van der Waals surface area contributed by atoms with Crippen molar-refractivity contribution in [1.29, 1.82) is 0 Å².